The third kappa shape index (κ3) is 1.16. The molecule has 0 N–H and O–H groups in total. The van der Waals surface area contributed by atoms with Crippen molar-refractivity contribution < 1.29 is 4.55 Å². The predicted molar refractivity (Wildman–Crippen MR) is 43.6 cm³/mol. The van der Waals surface area contributed by atoms with Crippen molar-refractivity contribution in [3.8, 4) is 0 Å². The largest absolute Gasteiger partial charge is 0.616 e. The molecule has 0 spiro atoms. The molecule has 0 radical (unpaired) electrons. The summed E-state index contributed by atoms with van der Waals surface area (Å²) < 4.78 is 13.0. The summed E-state index contributed by atoms with van der Waals surface area (Å²) in [6.07, 6.45) is 2.74. The van der Waals surface area contributed by atoms with E-state index in [0.717, 1.165) is 17.7 Å². The monoisotopic (exact) mass is 170 g/mol. The van der Waals surface area contributed by atoms with E-state index in [1.54, 1.807) is 0 Å². The molecule has 2 rings (SSSR count). The Labute approximate surface area is 68.6 Å². The average molecular weight is 170 g/mol. The van der Waals surface area contributed by atoms with E-state index in [2.05, 4.69) is 5.10 Å². The van der Waals surface area contributed by atoms with Gasteiger partial charge in [0.25, 0.3) is 0 Å². The Bertz CT molecular complexity index is 271. The highest BCUT2D eigenvalue weighted by atomic mass is 32.2. The summed E-state index contributed by atoms with van der Waals surface area (Å²) in [4.78, 5) is 0. The Hall–Kier alpha value is -0.480. The number of rotatable bonds is 0. The lowest BCUT2D eigenvalue weighted by atomic mass is 10.2. The van der Waals surface area contributed by atoms with Gasteiger partial charge in [0, 0.05) is 19.0 Å². The lowest BCUT2D eigenvalue weighted by Crippen LogP contribution is -2.19. The first-order valence-corrected chi connectivity index (χ1v) is 5.11. The molecule has 1 aromatic heterocycles. The first-order valence-electron chi connectivity index (χ1n) is 3.62. The second-order valence-corrected chi connectivity index (χ2v) is 4.35. The van der Waals surface area contributed by atoms with Gasteiger partial charge in [0.15, 0.2) is 0 Å². The first kappa shape index (κ1) is 7.18. The van der Waals surface area contributed by atoms with Crippen LogP contribution in [-0.4, -0.2) is 20.1 Å². The van der Waals surface area contributed by atoms with Gasteiger partial charge in [-0.1, -0.05) is 0 Å². The van der Waals surface area contributed by atoms with E-state index in [1.165, 1.54) is 5.69 Å². The van der Waals surface area contributed by atoms with E-state index in [9.17, 15) is 4.55 Å². The standard InChI is InChI=1S/C7H10N2OS/c1-9-7-2-3-11(10)5-6(7)4-8-9/h4H,2-3,5H2,1H3. The third-order valence-electron chi connectivity index (χ3n) is 2.03. The Kier molecular flexibility index (Phi) is 1.65. The quantitative estimate of drug-likeness (QED) is 0.523. The first-order chi connectivity index (χ1) is 5.27. The summed E-state index contributed by atoms with van der Waals surface area (Å²) in [5.74, 6) is 1.50. The van der Waals surface area contributed by atoms with Crippen LogP contribution >= 0.6 is 0 Å². The van der Waals surface area contributed by atoms with E-state index in [-0.39, 0.29) is 0 Å². The van der Waals surface area contributed by atoms with Crippen LogP contribution in [0.1, 0.15) is 11.3 Å². The molecule has 0 bridgehead atoms. The highest BCUT2D eigenvalue weighted by Crippen LogP contribution is 2.18. The number of fused-ring (bicyclic) bond motifs is 1. The molecule has 1 aromatic rings. The van der Waals surface area contributed by atoms with E-state index in [1.807, 2.05) is 17.9 Å². The summed E-state index contributed by atoms with van der Waals surface area (Å²) in [5.41, 5.74) is 2.42. The van der Waals surface area contributed by atoms with E-state index < -0.39 is 11.2 Å². The highest BCUT2D eigenvalue weighted by molar-refractivity contribution is 7.90. The topological polar surface area (TPSA) is 40.9 Å². The van der Waals surface area contributed by atoms with Crippen molar-refractivity contribution in [2.45, 2.75) is 12.2 Å². The van der Waals surface area contributed by atoms with Crippen molar-refractivity contribution in [2.75, 3.05) is 5.75 Å². The number of hydrogen-bond acceptors (Lipinski definition) is 2. The highest BCUT2D eigenvalue weighted by Gasteiger charge is 2.21. The van der Waals surface area contributed by atoms with Crippen molar-refractivity contribution in [1.82, 2.24) is 9.78 Å². The lowest BCUT2D eigenvalue weighted by Gasteiger charge is -2.16. The van der Waals surface area contributed by atoms with Gasteiger partial charge in [-0.25, -0.2) is 0 Å². The second-order valence-electron chi connectivity index (χ2n) is 2.78. The zero-order valence-corrected chi connectivity index (χ0v) is 7.23. The summed E-state index contributed by atoms with van der Waals surface area (Å²) >= 11 is -0.642. The minimum absolute atomic E-state index is 0.642. The second kappa shape index (κ2) is 2.53. The molecule has 0 saturated heterocycles. The number of aromatic nitrogens is 2. The van der Waals surface area contributed by atoms with Gasteiger partial charge in [-0.3, -0.25) is 4.68 Å². The Morgan fingerprint density at radius 1 is 1.73 bits per heavy atom. The molecule has 3 nitrogen and oxygen atoms in total. The van der Waals surface area contributed by atoms with Crippen LogP contribution in [0.2, 0.25) is 0 Å². The van der Waals surface area contributed by atoms with Crippen LogP contribution in [0.25, 0.3) is 0 Å². The molecular formula is C7H10N2OS. The van der Waals surface area contributed by atoms with Gasteiger partial charge < -0.3 is 4.55 Å². The number of nitrogens with zero attached hydrogens (tertiary/aromatic N) is 2. The van der Waals surface area contributed by atoms with Crippen LogP contribution in [0.4, 0.5) is 0 Å². The molecule has 1 aliphatic heterocycles. The zero-order valence-electron chi connectivity index (χ0n) is 6.41. The molecule has 0 amide bonds. The van der Waals surface area contributed by atoms with Crippen molar-refractivity contribution >= 4 is 11.2 Å². The van der Waals surface area contributed by atoms with Gasteiger partial charge >= 0.3 is 0 Å². The van der Waals surface area contributed by atoms with E-state index in [4.69, 9.17) is 0 Å². The van der Waals surface area contributed by atoms with Gasteiger partial charge in [0.1, 0.15) is 11.5 Å². The molecule has 4 heteroatoms. The fraction of sp³-hybridized carbons (Fsp3) is 0.571. The van der Waals surface area contributed by atoms with E-state index in [0.29, 0.717) is 5.75 Å². The number of hydrogen-bond donors (Lipinski definition) is 0. The molecule has 1 unspecified atom stereocenters. The average Bonchev–Trinajstić information content (AvgIpc) is 2.32. The van der Waals surface area contributed by atoms with Crippen LogP contribution < -0.4 is 0 Å². The Balaban J connectivity index is 2.36. The van der Waals surface area contributed by atoms with Crippen molar-refractivity contribution in [3.63, 3.8) is 0 Å². The minimum Gasteiger partial charge on any atom is -0.616 e. The summed E-state index contributed by atoms with van der Waals surface area (Å²) in [6.45, 7) is 0. The van der Waals surface area contributed by atoms with Crippen LogP contribution in [0.15, 0.2) is 6.20 Å². The molecular weight excluding hydrogens is 160 g/mol. The number of aryl methyl sites for hydroxylation is 1. The Morgan fingerprint density at radius 3 is 3.36 bits per heavy atom. The zero-order chi connectivity index (χ0) is 7.84. The molecule has 1 aliphatic rings. The maximum atomic E-state index is 11.1. The van der Waals surface area contributed by atoms with Crippen LogP contribution in [-0.2, 0) is 30.4 Å². The van der Waals surface area contributed by atoms with Crippen LogP contribution in [0, 0.1) is 0 Å². The van der Waals surface area contributed by atoms with Crippen molar-refractivity contribution in [1.29, 1.82) is 0 Å². The smallest absolute Gasteiger partial charge is 0.133 e. The SMILES string of the molecule is Cn1ncc2c1CC[S+]([O-])C2. The van der Waals surface area contributed by atoms with Gasteiger partial charge in [0.2, 0.25) is 0 Å². The van der Waals surface area contributed by atoms with Gasteiger partial charge in [-0.15, -0.1) is 0 Å². The van der Waals surface area contributed by atoms with Gasteiger partial charge in [-0.2, -0.15) is 5.10 Å². The minimum atomic E-state index is -0.642. The summed E-state index contributed by atoms with van der Waals surface area (Å²) in [5, 5.41) is 4.11. The van der Waals surface area contributed by atoms with Crippen molar-refractivity contribution in [3.05, 3.63) is 17.5 Å². The predicted octanol–water partition coefficient (Wildman–Crippen LogP) is 0.225. The summed E-state index contributed by atoms with van der Waals surface area (Å²) in [7, 11) is 1.94. The summed E-state index contributed by atoms with van der Waals surface area (Å²) in [6, 6.07) is 0. The Morgan fingerprint density at radius 2 is 2.55 bits per heavy atom. The van der Waals surface area contributed by atoms with E-state index >= 15 is 0 Å². The van der Waals surface area contributed by atoms with Crippen molar-refractivity contribution in [2.24, 2.45) is 7.05 Å². The lowest BCUT2D eigenvalue weighted by molar-refractivity contribution is 0.588. The molecule has 0 saturated carbocycles. The maximum absolute atomic E-state index is 11.1. The molecule has 0 fully saturated rings. The molecule has 0 aromatic carbocycles. The fourth-order valence-corrected chi connectivity index (χ4v) is 2.56. The molecule has 2 heterocycles. The maximum Gasteiger partial charge on any atom is 0.133 e. The molecule has 1 atom stereocenters. The normalized spacial score (nSPS) is 23.3. The molecule has 60 valence electrons. The van der Waals surface area contributed by atoms with Gasteiger partial charge in [-0.05, 0) is 11.2 Å². The fourth-order valence-electron chi connectivity index (χ4n) is 1.41. The molecule has 0 aliphatic carbocycles. The third-order valence-corrected chi connectivity index (χ3v) is 3.32. The van der Waals surface area contributed by atoms with Gasteiger partial charge in [0.05, 0.1) is 11.9 Å². The van der Waals surface area contributed by atoms with Crippen LogP contribution in [0.3, 0.4) is 0 Å². The molecule has 11 heavy (non-hydrogen) atoms. The van der Waals surface area contributed by atoms with Crippen LogP contribution in [0.5, 0.6) is 0 Å².